The van der Waals surface area contributed by atoms with Gasteiger partial charge in [0.15, 0.2) is 0 Å². The first kappa shape index (κ1) is 38.6. The predicted molar refractivity (Wildman–Crippen MR) is 290 cm³/mol. The predicted octanol–water partition coefficient (Wildman–Crippen LogP) is 18.1. The molecule has 15 rings (SSSR count). The topological polar surface area (TPSA) is 3.24 Å². The standard InChI is InChI=1S/C68H45N/c1-67(2)61-24-12-9-21-53(61)56-36-34-48(39-64(56)67)69(47-33-29-42-15-3-4-16-44(42)37-47)46-31-27-43(28-32-46)45-30-35-57-54-22-10-13-25-62(54)68(65(57)38-45)63-26-14-11-23-55(63)60-40-58-51-19-7-5-17-49(51)50-18-6-8-20-52(50)59(58)41-66(60)68/h3-41H,1-2H3. The number of fused-ring (bicyclic) bond motifs is 20. The molecule has 1 unspecified atom stereocenters. The van der Waals surface area contributed by atoms with Gasteiger partial charge in [0.1, 0.15) is 0 Å². The quantitative estimate of drug-likeness (QED) is 0.159. The second-order valence-electron chi connectivity index (χ2n) is 20.0. The van der Waals surface area contributed by atoms with Crippen molar-refractivity contribution in [2.75, 3.05) is 4.90 Å². The first-order valence-electron chi connectivity index (χ1n) is 24.3. The van der Waals surface area contributed by atoms with E-state index < -0.39 is 5.41 Å². The molecule has 0 saturated heterocycles. The van der Waals surface area contributed by atoms with E-state index in [0.717, 1.165) is 17.1 Å². The molecule has 1 heteroatoms. The third kappa shape index (κ3) is 5.20. The maximum atomic E-state index is 2.56. The fraction of sp³-hybridized carbons (Fsp3) is 0.0588. The first-order valence-corrected chi connectivity index (χ1v) is 24.3. The molecule has 0 bridgehead atoms. The zero-order chi connectivity index (χ0) is 45.6. The number of hydrogen-bond acceptors (Lipinski definition) is 1. The van der Waals surface area contributed by atoms with E-state index >= 15 is 0 Å². The summed E-state index contributed by atoms with van der Waals surface area (Å²) in [5, 5.41) is 10.3. The van der Waals surface area contributed by atoms with Gasteiger partial charge in [0, 0.05) is 22.5 Å². The molecule has 322 valence electrons. The molecule has 12 aromatic carbocycles. The van der Waals surface area contributed by atoms with Crippen LogP contribution < -0.4 is 4.90 Å². The molecule has 1 spiro atoms. The minimum Gasteiger partial charge on any atom is -0.310 e. The van der Waals surface area contributed by atoms with Crippen LogP contribution in [0.4, 0.5) is 17.1 Å². The molecule has 0 aliphatic heterocycles. The highest BCUT2D eigenvalue weighted by Gasteiger charge is 2.52. The molecule has 0 aromatic heterocycles. The van der Waals surface area contributed by atoms with Crippen LogP contribution in [0.15, 0.2) is 237 Å². The van der Waals surface area contributed by atoms with E-state index in [-0.39, 0.29) is 5.41 Å². The summed E-state index contributed by atoms with van der Waals surface area (Å²) >= 11 is 0. The van der Waals surface area contributed by atoms with Crippen LogP contribution in [0, 0.1) is 0 Å². The van der Waals surface area contributed by atoms with Crippen LogP contribution in [0.5, 0.6) is 0 Å². The molecule has 0 amide bonds. The van der Waals surface area contributed by atoms with Crippen molar-refractivity contribution in [1.82, 2.24) is 0 Å². The SMILES string of the molecule is CC1(C)c2ccccc2-c2ccc(N(c3ccc(-c4ccc5c(c4)C4(c6ccccc6-5)c5ccccc5-c5cc6c7ccccc7c7ccccc7c6cc54)cc3)c3ccc4ccccc4c3)cc21. The molecule has 3 aliphatic rings. The zero-order valence-electron chi connectivity index (χ0n) is 38.5. The average Bonchev–Trinajstić information content (AvgIpc) is 3.96. The highest BCUT2D eigenvalue weighted by atomic mass is 15.1. The number of hydrogen-bond donors (Lipinski definition) is 0. The third-order valence-corrected chi connectivity index (χ3v) is 16.2. The Kier molecular flexibility index (Phi) is 7.83. The molecule has 0 saturated carbocycles. The normalized spacial score (nSPS) is 15.6. The minimum absolute atomic E-state index is 0.110. The van der Waals surface area contributed by atoms with E-state index in [9.17, 15) is 0 Å². The van der Waals surface area contributed by atoms with E-state index in [1.165, 1.54) is 121 Å². The summed E-state index contributed by atoms with van der Waals surface area (Å²) in [6.45, 7) is 4.73. The lowest BCUT2D eigenvalue weighted by Gasteiger charge is -2.31. The summed E-state index contributed by atoms with van der Waals surface area (Å²) in [5.74, 6) is 0. The zero-order valence-corrected chi connectivity index (χ0v) is 38.5. The van der Waals surface area contributed by atoms with Gasteiger partial charge in [0.05, 0.1) is 5.41 Å². The molecule has 1 nitrogen and oxygen atoms in total. The fourth-order valence-electron chi connectivity index (χ4n) is 13.1. The van der Waals surface area contributed by atoms with Crippen LogP contribution in [0.2, 0.25) is 0 Å². The smallest absolute Gasteiger partial charge is 0.0725 e. The van der Waals surface area contributed by atoms with Crippen molar-refractivity contribution >= 4 is 60.2 Å². The largest absolute Gasteiger partial charge is 0.310 e. The van der Waals surface area contributed by atoms with Crippen LogP contribution >= 0.6 is 0 Å². The van der Waals surface area contributed by atoms with Gasteiger partial charge in [-0.25, -0.2) is 0 Å². The Hall–Kier alpha value is -8.52. The molecular formula is C68H45N. The number of nitrogens with zero attached hydrogens (tertiary/aromatic N) is 1. The van der Waals surface area contributed by atoms with Gasteiger partial charge in [-0.1, -0.05) is 196 Å². The maximum absolute atomic E-state index is 2.56. The van der Waals surface area contributed by atoms with Crippen LogP contribution in [0.1, 0.15) is 47.2 Å². The highest BCUT2D eigenvalue weighted by molar-refractivity contribution is 6.26. The number of anilines is 3. The Morgan fingerprint density at radius 2 is 0.710 bits per heavy atom. The molecule has 0 N–H and O–H groups in total. The summed E-state index contributed by atoms with van der Waals surface area (Å²) in [6.07, 6.45) is 0. The lowest BCUT2D eigenvalue weighted by molar-refractivity contribution is 0.660. The van der Waals surface area contributed by atoms with Gasteiger partial charge >= 0.3 is 0 Å². The van der Waals surface area contributed by atoms with E-state index in [2.05, 4.69) is 255 Å². The van der Waals surface area contributed by atoms with Gasteiger partial charge < -0.3 is 4.90 Å². The van der Waals surface area contributed by atoms with Crippen molar-refractivity contribution in [3.63, 3.8) is 0 Å². The van der Waals surface area contributed by atoms with Crippen molar-refractivity contribution in [2.45, 2.75) is 24.7 Å². The average molecular weight is 876 g/mol. The second kappa shape index (κ2) is 14.0. The first-order chi connectivity index (χ1) is 34.0. The van der Waals surface area contributed by atoms with E-state index in [4.69, 9.17) is 0 Å². The van der Waals surface area contributed by atoms with E-state index in [0.29, 0.717) is 0 Å². The second-order valence-corrected chi connectivity index (χ2v) is 20.0. The molecule has 69 heavy (non-hydrogen) atoms. The molecule has 0 radical (unpaired) electrons. The van der Waals surface area contributed by atoms with Crippen molar-refractivity contribution in [1.29, 1.82) is 0 Å². The Labute approximate surface area is 402 Å². The molecule has 1 atom stereocenters. The van der Waals surface area contributed by atoms with Crippen LogP contribution in [-0.4, -0.2) is 0 Å². The molecule has 12 aromatic rings. The maximum Gasteiger partial charge on any atom is 0.0725 e. The Bertz CT molecular complexity index is 4170. The van der Waals surface area contributed by atoms with Gasteiger partial charge in [-0.15, -0.1) is 0 Å². The van der Waals surface area contributed by atoms with Gasteiger partial charge in [-0.2, -0.15) is 0 Å². The highest BCUT2D eigenvalue weighted by Crippen LogP contribution is 2.64. The minimum atomic E-state index is -0.484. The Morgan fingerprint density at radius 1 is 0.261 bits per heavy atom. The Morgan fingerprint density at radius 3 is 1.41 bits per heavy atom. The summed E-state index contributed by atoms with van der Waals surface area (Å²) in [5.41, 5.74) is 21.3. The van der Waals surface area contributed by atoms with Crippen LogP contribution in [0.3, 0.4) is 0 Å². The summed E-state index contributed by atoms with van der Waals surface area (Å²) < 4.78 is 0. The fourth-order valence-corrected chi connectivity index (χ4v) is 13.1. The lowest BCUT2D eigenvalue weighted by atomic mass is 9.70. The van der Waals surface area contributed by atoms with E-state index in [1.807, 2.05) is 0 Å². The summed E-state index contributed by atoms with van der Waals surface area (Å²) in [7, 11) is 0. The summed E-state index contributed by atoms with van der Waals surface area (Å²) in [4.78, 5) is 2.44. The molecule has 0 heterocycles. The van der Waals surface area contributed by atoms with Crippen molar-refractivity contribution in [3.05, 3.63) is 270 Å². The van der Waals surface area contributed by atoms with E-state index in [1.54, 1.807) is 0 Å². The molecule has 3 aliphatic carbocycles. The van der Waals surface area contributed by atoms with Crippen LogP contribution in [-0.2, 0) is 10.8 Å². The number of benzene rings is 12. The number of rotatable bonds is 4. The lowest BCUT2D eigenvalue weighted by Crippen LogP contribution is -2.25. The van der Waals surface area contributed by atoms with Crippen LogP contribution in [0.25, 0.3) is 87.6 Å². The molecule has 0 fully saturated rings. The Balaban J connectivity index is 0.907. The van der Waals surface area contributed by atoms with Crippen molar-refractivity contribution < 1.29 is 0 Å². The van der Waals surface area contributed by atoms with Crippen molar-refractivity contribution in [3.8, 4) is 44.5 Å². The monoisotopic (exact) mass is 875 g/mol. The van der Waals surface area contributed by atoms with Gasteiger partial charge in [0.2, 0.25) is 0 Å². The third-order valence-electron chi connectivity index (χ3n) is 16.2. The van der Waals surface area contributed by atoms with Gasteiger partial charge in [-0.05, 0) is 176 Å². The van der Waals surface area contributed by atoms with Gasteiger partial charge in [-0.3, -0.25) is 0 Å². The van der Waals surface area contributed by atoms with Crippen molar-refractivity contribution in [2.24, 2.45) is 0 Å². The molecular weight excluding hydrogens is 831 g/mol. The van der Waals surface area contributed by atoms with Gasteiger partial charge in [0.25, 0.3) is 0 Å². The summed E-state index contributed by atoms with van der Waals surface area (Å²) in [6, 6.07) is 89.4.